The van der Waals surface area contributed by atoms with E-state index in [1.807, 2.05) is 0 Å². The number of hydrogen-bond donors (Lipinski definition) is 2. The minimum Gasteiger partial charge on any atom is -0.481 e. The van der Waals surface area contributed by atoms with E-state index < -0.39 is 33.0 Å². The molecule has 8 heteroatoms. The number of hydrogen-bond acceptors (Lipinski definition) is 4. The third kappa shape index (κ3) is 4.38. The Bertz CT molecular complexity index is 448. The lowest BCUT2D eigenvalue weighted by Crippen LogP contribution is -2.44. The molecule has 2 amide bonds. The summed E-state index contributed by atoms with van der Waals surface area (Å²) in [7, 11) is -1.59. The molecule has 0 aromatic carbocycles. The van der Waals surface area contributed by atoms with Gasteiger partial charge in [-0.25, -0.2) is 13.2 Å². The van der Waals surface area contributed by atoms with Crippen molar-refractivity contribution in [3.63, 3.8) is 0 Å². The summed E-state index contributed by atoms with van der Waals surface area (Å²) in [4.78, 5) is 23.6. The van der Waals surface area contributed by atoms with E-state index in [-0.39, 0.29) is 18.8 Å². The standard InChI is InChI=1S/C11H20N2O5S/c1-8(10(14)15)7-13(2)11(16)12-6-9-4-3-5-19(9,17)18/h8-9H,3-7H2,1-2H3,(H,12,16)(H,14,15). The summed E-state index contributed by atoms with van der Waals surface area (Å²) in [5.74, 6) is -1.46. The van der Waals surface area contributed by atoms with E-state index in [0.717, 1.165) is 0 Å². The molecule has 1 rings (SSSR count). The highest BCUT2D eigenvalue weighted by Gasteiger charge is 2.31. The first-order valence-electron chi connectivity index (χ1n) is 6.17. The molecule has 0 aliphatic carbocycles. The van der Waals surface area contributed by atoms with Crippen molar-refractivity contribution in [1.82, 2.24) is 10.2 Å². The summed E-state index contributed by atoms with van der Waals surface area (Å²) < 4.78 is 23.1. The number of carboxylic acids is 1. The third-order valence-electron chi connectivity index (χ3n) is 3.26. The van der Waals surface area contributed by atoms with Crippen molar-refractivity contribution in [2.24, 2.45) is 5.92 Å². The lowest BCUT2D eigenvalue weighted by Gasteiger charge is -2.21. The SMILES string of the molecule is CC(CN(C)C(=O)NCC1CCCS1(=O)=O)C(=O)O. The van der Waals surface area contributed by atoms with Crippen molar-refractivity contribution in [1.29, 1.82) is 0 Å². The number of rotatable bonds is 5. The highest BCUT2D eigenvalue weighted by Crippen LogP contribution is 2.19. The molecule has 1 aliphatic heterocycles. The van der Waals surface area contributed by atoms with Crippen LogP contribution in [-0.4, -0.2) is 61.6 Å². The topological polar surface area (TPSA) is 104 Å². The molecule has 1 heterocycles. The molecule has 2 unspecified atom stereocenters. The Labute approximate surface area is 112 Å². The van der Waals surface area contributed by atoms with Crippen LogP contribution in [-0.2, 0) is 14.6 Å². The molecule has 1 aliphatic rings. The molecule has 0 aromatic heterocycles. The lowest BCUT2D eigenvalue weighted by atomic mass is 10.2. The second kappa shape index (κ2) is 6.23. The number of sulfone groups is 1. The maximum Gasteiger partial charge on any atom is 0.317 e. The summed E-state index contributed by atoms with van der Waals surface area (Å²) in [5.41, 5.74) is 0. The fourth-order valence-electron chi connectivity index (χ4n) is 2.00. The number of nitrogens with one attached hydrogen (secondary N) is 1. The molecule has 1 saturated heterocycles. The van der Waals surface area contributed by atoms with Gasteiger partial charge in [-0.1, -0.05) is 6.92 Å². The predicted molar refractivity (Wildman–Crippen MR) is 69.6 cm³/mol. The zero-order valence-corrected chi connectivity index (χ0v) is 11.9. The van der Waals surface area contributed by atoms with Gasteiger partial charge < -0.3 is 15.3 Å². The average Bonchev–Trinajstić information content (AvgIpc) is 2.64. The van der Waals surface area contributed by atoms with Gasteiger partial charge in [0.15, 0.2) is 9.84 Å². The Morgan fingerprint density at radius 1 is 1.47 bits per heavy atom. The van der Waals surface area contributed by atoms with E-state index >= 15 is 0 Å². The minimum absolute atomic E-state index is 0.0819. The molecule has 1 fully saturated rings. The second-order valence-corrected chi connectivity index (χ2v) is 7.34. The van der Waals surface area contributed by atoms with Crippen molar-refractivity contribution in [3.8, 4) is 0 Å². The molecule has 110 valence electrons. The van der Waals surface area contributed by atoms with Crippen LogP contribution < -0.4 is 5.32 Å². The number of carbonyl (C=O) groups excluding carboxylic acids is 1. The van der Waals surface area contributed by atoms with Crippen molar-refractivity contribution < 1.29 is 23.1 Å². The van der Waals surface area contributed by atoms with Crippen molar-refractivity contribution in [2.45, 2.75) is 25.0 Å². The molecule has 0 spiro atoms. The van der Waals surface area contributed by atoms with Gasteiger partial charge in [-0.3, -0.25) is 4.79 Å². The molecule has 19 heavy (non-hydrogen) atoms. The van der Waals surface area contributed by atoms with Gasteiger partial charge in [0, 0.05) is 20.1 Å². The average molecular weight is 292 g/mol. The number of urea groups is 1. The van der Waals surface area contributed by atoms with Crippen molar-refractivity contribution in [3.05, 3.63) is 0 Å². The van der Waals surface area contributed by atoms with Crippen LogP contribution in [0, 0.1) is 5.92 Å². The van der Waals surface area contributed by atoms with Gasteiger partial charge in [-0.2, -0.15) is 0 Å². The molecule has 0 bridgehead atoms. The molecule has 7 nitrogen and oxygen atoms in total. The second-order valence-electron chi connectivity index (χ2n) is 4.94. The number of amides is 2. The number of carboxylic acid groups (broad SMARTS) is 1. The van der Waals surface area contributed by atoms with Gasteiger partial charge in [0.2, 0.25) is 0 Å². The molecule has 0 radical (unpaired) electrons. The smallest absolute Gasteiger partial charge is 0.317 e. The van der Waals surface area contributed by atoms with E-state index in [9.17, 15) is 18.0 Å². The van der Waals surface area contributed by atoms with Gasteiger partial charge in [0.05, 0.1) is 16.9 Å². The first-order valence-corrected chi connectivity index (χ1v) is 7.89. The summed E-state index contributed by atoms with van der Waals surface area (Å²) in [6.07, 6.45) is 1.20. The summed E-state index contributed by atoms with van der Waals surface area (Å²) in [6.45, 7) is 1.68. The van der Waals surface area contributed by atoms with Gasteiger partial charge in [0.25, 0.3) is 0 Å². The molecule has 0 saturated carbocycles. The fraction of sp³-hybridized carbons (Fsp3) is 0.818. The van der Waals surface area contributed by atoms with Gasteiger partial charge in [-0.05, 0) is 12.8 Å². The Morgan fingerprint density at radius 2 is 2.11 bits per heavy atom. The maximum atomic E-state index is 11.7. The Kier molecular flexibility index (Phi) is 5.16. The summed E-state index contributed by atoms with van der Waals surface area (Å²) in [6, 6.07) is -0.449. The van der Waals surface area contributed by atoms with Gasteiger partial charge >= 0.3 is 12.0 Å². The van der Waals surface area contributed by atoms with Crippen LogP contribution in [0.1, 0.15) is 19.8 Å². The van der Waals surface area contributed by atoms with Crippen LogP contribution in [0.2, 0.25) is 0 Å². The van der Waals surface area contributed by atoms with Crippen LogP contribution >= 0.6 is 0 Å². The van der Waals surface area contributed by atoms with Crippen LogP contribution in [0.15, 0.2) is 0 Å². The Hall–Kier alpha value is -1.31. The highest BCUT2D eigenvalue weighted by atomic mass is 32.2. The van der Waals surface area contributed by atoms with E-state index in [2.05, 4.69) is 5.32 Å². The van der Waals surface area contributed by atoms with Gasteiger partial charge in [-0.15, -0.1) is 0 Å². The fourth-order valence-corrected chi connectivity index (χ4v) is 3.76. The number of aliphatic carboxylic acids is 1. The monoisotopic (exact) mass is 292 g/mol. The van der Waals surface area contributed by atoms with E-state index in [0.29, 0.717) is 12.8 Å². The minimum atomic E-state index is -3.07. The molecular formula is C11H20N2O5S. The van der Waals surface area contributed by atoms with E-state index in [1.165, 1.54) is 18.9 Å². The summed E-state index contributed by atoms with van der Waals surface area (Å²) >= 11 is 0. The number of carbonyl (C=O) groups is 2. The Balaban J connectivity index is 2.41. The molecule has 2 N–H and O–H groups in total. The largest absolute Gasteiger partial charge is 0.481 e. The van der Waals surface area contributed by atoms with Gasteiger partial charge in [0.1, 0.15) is 0 Å². The normalized spacial score (nSPS) is 22.7. The van der Waals surface area contributed by atoms with Crippen LogP contribution in [0.25, 0.3) is 0 Å². The lowest BCUT2D eigenvalue weighted by molar-refractivity contribution is -0.141. The third-order valence-corrected chi connectivity index (χ3v) is 5.54. The molecule has 0 aromatic rings. The van der Waals surface area contributed by atoms with Crippen molar-refractivity contribution >= 4 is 21.8 Å². The van der Waals surface area contributed by atoms with Crippen molar-refractivity contribution in [2.75, 3.05) is 25.9 Å². The Morgan fingerprint density at radius 3 is 2.58 bits per heavy atom. The van der Waals surface area contributed by atoms with Crippen LogP contribution in [0.4, 0.5) is 4.79 Å². The maximum absolute atomic E-state index is 11.7. The zero-order valence-electron chi connectivity index (χ0n) is 11.1. The number of nitrogens with zero attached hydrogens (tertiary/aromatic N) is 1. The predicted octanol–water partition coefficient (Wildman–Crippen LogP) is -0.0743. The van der Waals surface area contributed by atoms with Crippen LogP contribution in [0.5, 0.6) is 0 Å². The molecule has 2 atom stereocenters. The van der Waals surface area contributed by atoms with E-state index in [4.69, 9.17) is 5.11 Å². The first-order chi connectivity index (χ1) is 8.74. The first kappa shape index (κ1) is 15.7. The van der Waals surface area contributed by atoms with E-state index in [1.54, 1.807) is 0 Å². The quantitative estimate of drug-likeness (QED) is 0.738. The molecular weight excluding hydrogens is 272 g/mol. The zero-order chi connectivity index (χ0) is 14.6. The highest BCUT2D eigenvalue weighted by molar-refractivity contribution is 7.92. The van der Waals surface area contributed by atoms with Crippen LogP contribution in [0.3, 0.4) is 0 Å². The summed E-state index contributed by atoms with van der Waals surface area (Å²) in [5, 5.41) is 10.8.